The van der Waals surface area contributed by atoms with Crippen molar-refractivity contribution in [1.29, 1.82) is 0 Å². The Balaban J connectivity index is 2.13. The molecular weight excluding hydrogens is 224 g/mol. The molecule has 0 saturated heterocycles. The third-order valence-electron chi connectivity index (χ3n) is 3.16. The number of nitrogens with one attached hydrogen (secondary N) is 2. The summed E-state index contributed by atoms with van der Waals surface area (Å²) in [4.78, 5) is 12.1. The summed E-state index contributed by atoms with van der Waals surface area (Å²) in [5, 5.41) is 6.27. The van der Waals surface area contributed by atoms with E-state index >= 15 is 0 Å². The van der Waals surface area contributed by atoms with E-state index in [-0.39, 0.29) is 5.91 Å². The van der Waals surface area contributed by atoms with Gasteiger partial charge in [-0.15, -0.1) is 0 Å². The van der Waals surface area contributed by atoms with Gasteiger partial charge in [-0.05, 0) is 44.0 Å². The van der Waals surface area contributed by atoms with E-state index in [2.05, 4.69) is 16.7 Å². The van der Waals surface area contributed by atoms with Crippen LogP contribution in [0, 0.1) is 0 Å². The Morgan fingerprint density at radius 1 is 1.44 bits per heavy atom. The van der Waals surface area contributed by atoms with Crippen LogP contribution in [0.3, 0.4) is 0 Å². The predicted octanol–water partition coefficient (Wildman–Crippen LogP) is 2.03. The Kier molecular flexibility index (Phi) is 4.15. The number of hydrogen-bond acceptors (Lipinski definition) is 2. The van der Waals surface area contributed by atoms with Crippen molar-refractivity contribution in [3.63, 3.8) is 0 Å². The van der Waals surface area contributed by atoms with Gasteiger partial charge >= 0.3 is 0 Å². The minimum Gasteiger partial charge on any atom is -0.349 e. The number of carbonyl (C=O) groups excluding carboxylic acids is 1. The van der Waals surface area contributed by atoms with Gasteiger partial charge < -0.3 is 10.6 Å². The lowest BCUT2D eigenvalue weighted by atomic mass is 9.95. The largest absolute Gasteiger partial charge is 0.349 e. The van der Waals surface area contributed by atoms with Gasteiger partial charge in [-0.25, -0.2) is 0 Å². The first kappa shape index (κ1) is 12.8. The lowest BCUT2D eigenvalue weighted by Gasteiger charge is -2.19. The average Bonchev–Trinajstić information content (AvgIpc) is 2.37. The first-order chi connectivity index (χ1) is 8.68. The molecule has 1 heterocycles. The van der Waals surface area contributed by atoms with Crippen molar-refractivity contribution in [2.45, 2.75) is 26.8 Å². The van der Waals surface area contributed by atoms with E-state index in [1.54, 1.807) is 0 Å². The number of amides is 1. The molecule has 1 aromatic rings. The fourth-order valence-electron chi connectivity index (χ4n) is 2.19. The average molecular weight is 244 g/mol. The molecule has 0 fully saturated rings. The number of rotatable bonds is 3. The number of benzene rings is 1. The zero-order chi connectivity index (χ0) is 13.0. The van der Waals surface area contributed by atoms with Crippen LogP contribution in [0.4, 0.5) is 0 Å². The summed E-state index contributed by atoms with van der Waals surface area (Å²) in [6.45, 7) is 6.48. The summed E-state index contributed by atoms with van der Waals surface area (Å²) in [7, 11) is 0. The molecular formula is C15H20N2O. The molecule has 96 valence electrons. The fraction of sp³-hybridized carbons (Fsp3) is 0.400. The van der Waals surface area contributed by atoms with E-state index in [9.17, 15) is 4.79 Å². The highest BCUT2D eigenvalue weighted by molar-refractivity contribution is 5.96. The number of hydrogen-bond donors (Lipinski definition) is 2. The second-order valence-electron chi connectivity index (χ2n) is 4.86. The molecule has 1 aliphatic heterocycles. The maximum Gasteiger partial charge on any atom is 0.251 e. The standard InChI is InChI=1S/C15H20N2O/c1-11(2)6-9-17-15(18)14-5-3-4-12-10-16-8-7-13(12)14/h3-6,16H,7-10H2,1-2H3,(H,17,18). The topological polar surface area (TPSA) is 41.1 Å². The van der Waals surface area contributed by atoms with Gasteiger partial charge in [0.25, 0.3) is 5.91 Å². The van der Waals surface area contributed by atoms with Crippen molar-refractivity contribution in [3.8, 4) is 0 Å². The van der Waals surface area contributed by atoms with Gasteiger partial charge in [-0.3, -0.25) is 4.79 Å². The Labute approximate surface area is 108 Å². The zero-order valence-corrected chi connectivity index (χ0v) is 11.0. The number of allylic oxidation sites excluding steroid dienone is 1. The maximum atomic E-state index is 12.1. The van der Waals surface area contributed by atoms with E-state index in [1.807, 2.05) is 32.1 Å². The second kappa shape index (κ2) is 5.83. The van der Waals surface area contributed by atoms with E-state index in [4.69, 9.17) is 0 Å². The highest BCUT2D eigenvalue weighted by atomic mass is 16.1. The quantitative estimate of drug-likeness (QED) is 0.799. The molecule has 0 spiro atoms. The van der Waals surface area contributed by atoms with Crippen LogP contribution >= 0.6 is 0 Å². The van der Waals surface area contributed by atoms with Gasteiger partial charge in [-0.2, -0.15) is 0 Å². The number of fused-ring (bicyclic) bond motifs is 1. The molecule has 0 radical (unpaired) electrons. The lowest BCUT2D eigenvalue weighted by molar-refractivity contribution is 0.0956. The van der Waals surface area contributed by atoms with Crippen molar-refractivity contribution in [2.75, 3.05) is 13.1 Å². The zero-order valence-electron chi connectivity index (χ0n) is 11.0. The molecule has 1 aromatic carbocycles. The second-order valence-corrected chi connectivity index (χ2v) is 4.86. The van der Waals surface area contributed by atoms with Crippen molar-refractivity contribution in [1.82, 2.24) is 10.6 Å². The SMILES string of the molecule is CC(C)=CCNC(=O)c1cccc2c1CCNC2. The van der Waals surface area contributed by atoms with Crippen LogP contribution in [0.1, 0.15) is 35.3 Å². The van der Waals surface area contributed by atoms with Crippen LogP contribution in [0.25, 0.3) is 0 Å². The highest BCUT2D eigenvalue weighted by Gasteiger charge is 2.16. The summed E-state index contributed by atoms with van der Waals surface area (Å²) in [5.74, 6) is 0.0336. The van der Waals surface area contributed by atoms with Crippen LogP contribution in [0.15, 0.2) is 29.8 Å². The molecule has 1 aliphatic rings. The van der Waals surface area contributed by atoms with Gasteiger partial charge in [0, 0.05) is 18.7 Å². The first-order valence-corrected chi connectivity index (χ1v) is 6.41. The minimum atomic E-state index is 0.0336. The Morgan fingerprint density at radius 2 is 2.28 bits per heavy atom. The van der Waals surface area contributed by atoms with E-state index in [1.165, 1.54) is 16.7 Å². The Bertz CT molecular complexity index is 473. The molecule has 18 heavy (non-hydrogen) atoms. The van der Waals surface area contributed by atoms with Crippen molar-refractivity contribution >= 4 is 5.91 Å². The molecule has 0 unspecified atom stereocenters. The van der Waals surface area contributed by atoms with Gasteiger partial charge in [0.15, 0.2) is 0 Å². The summed E-state index contributed by atoms with van der Waals surface area (Å²) < 4.78 is 0. The van der Waals surface area contributed by atoms with Crippen LogP contribution in [-0.2, 0) is 13.0 Å². The molecule has 1 amide bonds. The van der Waals surface area contributed by atoms with Gasteiger partial charge in [-0.1, -0.05) is 23.8 Å². The fourth-order valence-corrected chi connectivity index (χ4v) is 2.19. The Morgan fingerprint density at radius 3 is 3.06 bits per heavy atom. The van der Waals surface area contributed by atoms with Crippen molar-refractivity contribution < 1.29 is 4.79 Å². The number of carbonyl (C=O) groups is 1. The predicted molar refractivity (Wildman–Crippen MR) is 73.6 cm³/mol. The van der Waals surface area contributed by atoms with Crippen LogP contribution < -0.4 is 10.6 Å². The molecule has 0 bridgehead atoms. The maximum absolute atomic E-state index is 12.1. The van der Waals surface area contributed by atoms with Crippen LogP contribution in [0.5, 0.6) is 0 Å². The van der Waals surface area contributed by atoms with Gasteiger partial charge in [0.05, 0.1) is 0 Å². The molecule has 3 nitrogen and oxygen atoms in total. The van der Waals surface area contributed by atoms with Gasteiger partial charge in [0.1, 0.15) is 0 Å². The third kappa shape index (κ3) is 2.99. The lowest BCUT2D eigenvalue weighted by Crippen LogP contribution is -2.29. The van der Waals surface area contributed by atoms with E-state index < -0.39 is 0 Å². The first-order valence-electron chi connectivity index (χ1n) is 6.41. The normalized spacial score (nSPS) is 13.7. The summed E-state index contributed by atoms with van der Waals surface area (Å²) in [6, 6.07) is 5.97. The molecule has 2 rings (SSSR count). The van der Waals surface area contributed by atoms with Crippen molar-refractivity contribution in [3.05, 3.63) is 46.5 Å². The van der Waals surface area contributed by atoms with E-state index in [0.717, 1.165) is 25.1 Å². The third-order valence-corrected chi connectivity index (χ3v) is 3.16. The molecule has 3 heteroatoms. The molecule has 0 aromatic heterocycles. The van der Waals surface area contributed by atoms with Crippen molar-refractivity contribution in [2.24, 2.45) is 0 Å². The summed E-state index contributed by atoms with van der Waals surface area (Å²) >= 11 is 0. The molecule has 2 N–H and O–H groups in total. The monoisotopic (exact) mass is 244 g/mol. The summed E-state index contributed by atoms with van der Waals surface area (Å²) in [6.07, 6.45) is 2.95. The summed E-state index contributed by atoms with van der Waals surface area (Å²) in [5.41, 5.74) is 4.49. The molecule has 0 aliphatic carbocycles. The van der Waals surface area contributed by atoms with Crippen LogP contribution in [-0.4, -0.2) is 19.0 Å². The van der Waals surface area contributed by atoms with Gasteiger partial charge in [0.2, 0.25) is 0 Å². The highest BCUT2D eigenvalue weighted by Crippen LogP contribution is 2.18. The Hall–Kier alpha value is -1.61. The van der Waals surface area contributed by atoms with Crippen LogP contribution in [0.2, 0.25) is 0 Å². The van der Waals surface area contributed by atoms with E-state index in [0.29, 0.717) is 6.54 Å². The minimum absolute atomic E-state index is 0.0336. The smallest absolute Gasteiger partial charge is 0.251 e. The molecule has 0 saturated carbocycles. The molecule has 0 atom stereocenters.